The number of hydrogen-bond donors (Lipinski definition) is 1. The number of nitrogens with zero attached hydrogens (tertiary/aromatic N) is 4. The van der Waals surface area contributed by atoms with Crippen LogP contribution in [0.1, 0.15) is 24.6 Å². The van der Waals surface area contributed by atoms with E-state index in [0.717, 1.165) is 37.4 Å². The molecule has 2 heterocycles. The van der Waals surface area contributed by atoms with Crippen LogP contribution in [0.4, 0.5) is 5.69 Å². The van der Waals surface area contributed by atoms with Crippen molar-refractivity contribution >= 4 is 11.6 Å². The quantitative estimate of drug-likeness (QED) is 0.661. The molecule has 0 radical (unpaired) electrons. The van der Waals surface area contributed by atoms with E-state index in [4.69, 9.17) is 4.74 Å². The topological polar surface area (TPSA) is 81.4 Å². The van der Waals surface area contributed by atoms with Gasteiger partial charge in [0.05, 0.1) is 25.0 Å². The summed E-state index contributed by atoms with van der Waals surface area (Å²) in [6.07, 6.45) is 1.68. The number of para-hydroxylation sites is 3. The van der Waals surface area contributed by atoms with Crippen LogP contribution in [0.5, 0.6) is 5.75 Å². The maximum atomic E-state index is 12.7. The predicted molar refractivity (Wildman–Crippen MR) is 119 cm³/mol. The van der Waals surface area contributed by atoms with Gasteiger partial charge in [0.2, 0.25) is 5.91 Å². The van der Waals surface area contributed by atoms with Crippen LogP contribution in [0, 0.1) is 0 Å². The molecule has 0 unspecified atom stereocenters. The van der Waals surface area contributed by atoms with Crippen molar-refractivity contribution in [1.29, 1.82) is 0 Å². The Kier molecular flexibility index (Phi) is 6.18. The molecule has 0 bridgehead atoms. The van der Waals surface area contributed by atoms with E-state index >= 15 is 0 Å². The fourth-order valence-corrected chi connectivity index (χ4v) is 4.06. The summed E-state index contributed by atoms with van der Waals surface area (Å²) in [4.78, 5) is 27.3. The third kappa shape index (κ3) is 4.54. The monoisotopic (exact) mass is 421 g/mol. The van der Waals surface area contributed by atoms with E-state index in [1.165, 1.54) is 4.68 Å². The van der Waals surface area contributed by atoms with Gasteiger partial charge in [0, 0.05) is 13.0 Å². The third-order valence-electron chi connectivity index (χ3n) is 5.67. The number of nitrogens with one attached hydrogen (secondary N) is 1. The first-order chi connectivity index (χ1) is 15.1. The lowest BCUT2D eigenvalue weighted by atomic mass is 9.95. The fourth-order valence-electron chi connectivity index (χ4n) is 4.06. The van der Waals surface area contributed by atoms with E-state index in [9.17, 15) is 9.59 Å². The van der Waals surface area contributed by atoms with Gasteiger partial charge in [-0.15, -0.1) is 0 Å². The molecule has 0 atom stereocenters. The number of ether oxygens (including phenoxy) is 1. The van der Waals surface area contributed by atoms with Crippen molar-refractivity contribution in [1.82, 2.24) is 19.2 Å². The maximum Gasteiger partial charge on any atom is 0.350 e. The average Bonchev–Trinajstić information content (AvgIpc) is 3.09. The second-order valence-corrected chi connectivity index (χ2v) is 7.73. The minimum Gasteiger partial charge on any atom is -0.495 e. The average molecular weight is 422 g/mol. The molecule has 1 aliphatic heterocycles. The van der Waals surface area contributed by atoms with Gasteiger partial charge >= 0.3 is 5.69 Å². The molecule has 8 heteroatoms. The van der Waals surface area contributed by atoms with Gasteiger partial charge in [-0.3, -0.25) is 9.69 Å². The van der Waals surface area contributed by atoms with Gasteiger partial charge in [0.1, 0.15) is 11.6 Å². The Morgan fingerprint density at radius 1 is 1.10 bits per heavy atom. The third-order valence-corrected chi connectivity index (χ3v) is 5.67. The maximum absolute atomic E-state index is 12.7. The highest BCUT2D eigenvalue weighted by atomic mass is 16.5. The van der Waals surface area contributed by atoms with Crippen molar-refractivity contribution in [2.24, 2.45) is 7.05 Å². The van der Waals surface area contributed by atoms with Crippen molar-refractivity contribution in [2.45, 2.75) is 18.8 Å². The Balaban J connectivity index is 1.40. The first-order valence-electron chi connectivity index (χ1n) is 10.4. The number of methoxy groups -OCH3 is 1. The lowest BCUT2D eigenvalue weighted by Gasteiger charge is -2.31. The van der Waals surface area contributed by atoms with E-state index in [0.29, 0.717) is 18.0 Å². The summed E-state index contributed by atoms with van der Waals surface area (Å²) in [6.45, 7) is 1.85. The molecule has 2 aromatic carbocycles. The zero-order valence-corrected chi connectivity index (χ0v) is 17.8. The molecule has 3 aromatic rings. The van der Waals surface area contributed by atoms with Crippen LogP contribution in [0.3, 0.4) is 0 Å². The second kappa shape index (κ2) is 9.18. The normalized spacial score (nSPS) is 15.0. The molecule has 0 spiro atoms. The van der Waals surface area contributed by atoms with E-state index in [-0.39, 0.29) is 17.5 Å². The van der Waals surface area contributed by atoms with Crippen LogP contribution in [-0.4, -0.2) is 51.9 Å². The largest absolute Gasteiger partial charge is 0.495 e. The van der Waals surface area contributed by atoms with Gasteiger partial charge < -0.3 is 10.1 Å². The van der Waals surface area contributed by atoms with Gasteiger partial charge in [-0.2, -0.15) is 5.10 Å². The van der Waals surface area contributed by atoms with Crippen LogP contribution in [-0.2, 0) is 11.8 Å². The Bertz CT molecular complexity index is 1100. The number of carbonyl (C=O) groups is 1. The number of aryl methyl sites for hydroxylation is 1. The zero-order valence-electron chi connectivity index (χ0n) is 17.8. The smallest absolute Gasteiger partial charge is 0.350 e. The van der Waals surface area contributed by atoms with Crippen LogP contribution in [0.2, 0.25) is 0 Å². The Labute approximate surface area is 181 Å². The highest BCUT2D eigenvalue weighted by Crippen LogP contribution is 2.28. The van der Waals surface area contributed by atoms with Gasteiger partial charge in [-0.05, 0) is 50.2 Å². The number of likely N-dealkylation sites (tertiary alicyclic amines) is 1. The van der Waals surface area contributed by atoms with E-state index in [1.54, 1.807) is 18.7 Å². The molecule has 1 saturated heterocycles. The molecule has 8 nitrogen and oxygen atoms in total. The van der Waals surface area contributed by atoms with Crippen molar-refractivity contribution in [3.8, 4) is 11.4 Å². The molecule has 1 aliphatic rings. The van der Waals surface area contributed by atoms with Crippen molar-refractivity contribution in [2.75, 3.05) is 32.1 Å². The number of anilines is 1. The van der Waals surface area contributed by atoms with Crippen molar-refractivity contribution in [3.63, 3.8) is 0 Å². The highest BCUT2D eigenvalue weighted by molar-refractivity contribution is 5.93. The van der Waals surface area contributed by atoms with Gasteiger partial charge in [-0.25, -0.2) is 14.0 Å². The lowest BCUT2D eigenvalue weighted by molar-refractivity contribution is -0.117. The number of piperidine rings is 1. The van der Waals surface area contributed by atoms with E-state index in [1.807, 2.05) is 54.6 Å². The van der Waals surface area contributed by atoms with Crippen LogP contribution >= 0.6 is 0 Å². The molecule has 31 heavy (non-hydrogen) atoms. The molecule has 1 fully saturated rings. The number of benzene rings is 2. The van der Waals surface area contributed by atoms with Crippen molar-refractivity contribution < 1.29 is 9.53 Å². The molecule has 1 aromatic heterocycles. The standard InChI is InChI=1S/C23H27N5O3/c1-26-23(30)28(18-8-4-3-5-9-18)22(25-26)17-12-14-27(15-13-17)16-21(29)24-19-10-6-7-11-20(19)31-2/h3-11,17H,12-16H2,1-2H3,(H,24,29). The van der Waals surface area contributed by atoms with Gasteiger partial charge in [0.25, 0.3) is 0 Å². The molecule has 1 amide bonds. The van der Waals surface area contributed by atoms with Crippen molar-refractivity contribution in [3.05, 3.63) is 70.9 Å². The predicted octanol–water partition coefficient (Wildman–Crippen LogP) is 2.40. The zero-order chi connectivity index (χ0) is 21.8. The summed E-state index contributed by atoms with van der Waals surface area (Å²) >= 11 is 0. The molecule has 0 saturated carbocycles. The highest BCUT2D eigenvalue weighted by Gasteiger charge is 2.27. The van der Waals surface area contributed by atoms with E-state index in [2.05, 4.69) is 15.3 Å². The number of aromatic nitrogens is 3. The molecule has 162 valence electrons. The summed E-state index contributed by atoms with van der Waals surface area (Å²) in [5.74, 6) is 1.53. The summed E-state index contributed by atoms with van der Waals surface area (Å²) in [5.41, 5.74) is 1.36. The number of rotatable bonds is 6. The Hall–Kier alpha value is -3.39. The second-order valence-electron chi connectivity index (χ2n) is 7.73. The minimum atomic E-state index is -0.139. The van der Waals surface area contributed by atoms with Gasteiger partial charge in [-0.1, -0.05) is 30.3 Å². The van der Waals surface area contributed by atoms with Gasteiger partial charge in [0.15, 0.2) is 0 Å². The van der Waals surface area contributed by atoms with E-state index < -0.39 is 0 Å². The fraction of sp³-hybridized carbons (Fsp3) is 0.348. The summed E-state index contributed by atoms with van der Waals surface area (Å²) in [5, 5.41) is 7.45. The number of amides is 1. The first kappa shape index (κ1) is 20.9. The Morgan fingerprint density at radius 3 is 2.48 bits per heavy atom. The molecular formula is C23H27N5O3. The molecule has 1 N–H and O–H groups in total. The number of carbonyl (C=O) groups excluding carboxylic acids is 1. The summed E-state index contributed by atoms with van der Waals surface area (Å²) < 4.78 is 8.39. The number of hydrogen-bond acceptors (Lipinski definition) is 5. The first-order valence-corrected chi connectivity index (χ1v) is 10.4. The minimum absolute atomic E-state index is 0.0676. The SMILES string of the molecule is COc1ccccc1NC(=O)CN1CCC(c2nn(C)c(=O)n2-c2ccccc2)CC1. The van der Waals surface area contributed by atoms with Crippen LogP contribution < -0.4 is 15.7 Å². The van der Waals surface area contributed by atoms with Crippen LogP contribution in [0.25, 0.3) is 5.69 Å². The summed E-state index contributed by atoms with van der Waals surface area (Å²) in [6, 6.07) is 17.0. The molecule has 0 aliphatic carbocycles. The lowest BCUT2D eigenvalue weighted by Crippen LogP contribution is -2.39. The molecule has 4 rings (SSSR count). The van der Waals surface area contributed by atoms with Crippen LogP contribution in [0.15, 0.2) is 59.4 Å². The summed E-state index contributed by atoms with van der Waals surface area (Å²) in [7, 11) is 3.27. The Morgan fingerprint density at radius 2 is 1.77 bits per heavy atom. The molecular weight excluding hydrogens is 394 g/mol.